The van der Waals surface area contributed by atoms with E-state index in [1.54, 1.807) is 0 Å². The van der Waals surface area contributed by atoms with Gasteiger partial charge in [-0.15, -0.1) is 0 Å². The lowest BCUT2D eigenvalue weighted by Crippen LogP contribution is -2.07. The molecular weight excluding hydrogens is 190 g/mol. The number of alkyl halides is 2. The summed E-state index contributed by atoms with van der Waals surface area (Å²) in [6, 6.07) is 4.49. The van der Waals surface area contributed by atoms with Gasteiger partial charge in [-0.05, 0) is 12.1 Å². The topological polar surface area (TPSA) is 52.0 Å². The molecule has 0 spiro atoms. The van der Waals surface area contributed by atoms with E-state index in [-0.39, 0.29) is 11.3 Å². The molecule has 0 aliphatic carbocycles. The second-order valence-corrected chi connectivity index (χ2v) is 3.18. The lowest BCUT2D eigenvalue weighted by atomic mass is 10.1. The minimum atomic E-state index is -3.00. The maximum absolute atomic E-state index is 13.0. The smallest absolute Gasteiger partial charge is 0.290 e. The van der Waals surface area contributed by atoms with Crippen molar-refractivity contribution in [2.75, 3.05) is 5.73 Å². The Bertz CT molecular complexity index is 473. The second-order valence-electron chi connectivity index (χ2n) is 3.18. The zero-order valence-corrected chi connectivity index (χ0v) is 7.42. The highest BCUT2D eigenvalue weighted by Gasteiger charge is 2.31. The average molecular weight is 198 g/mol. The van der Waals surface area contributed by atoms with Gasteiger partial charge in [0.05, 0.1) is 5.39 Å². The third kappa shape index (κ3) is 1.30. The van der Waals surface area contributed by atoms with E-state index in [1.807, 2.05) is 0 Å². The number of hydrogen-bond acceptors (Lipinski definition) is 3. The van der Waals surface area contributed by atoms with E-state index >= 15 is 0 Å². The molecule has 5 heteroatoms. The van der Waals surface area contributed by atoms with Crippen LogP contribution in [-0.4, -0.2) is 5.16 Å². The van der Waals surface area contributed by atoms with Crippen molar-refractivity contribution >= 4 is 16.7 Å². The van der Waals surface area contributed by atoms with Crippen LogP contribution in [-0.2, 0) is 5.92 Å². The van der Waals surface area contributed by atoms with E-state index in [0.717, 1.165) is 6.92 Å². The monoisotopic (exact) mass is 198 g/mol. The van der Waals surface area contributed by atoms with Crippen molar-refractivity contribution in [3.8, 4) is 0 Å². The summed E-state index contributed by atoms with van der Waals surface area (Å²) in [4.78, 5) is 0. The summed E-state index contributed by atoms with van der Waals surface area (Å²) >= 11 is 0. The highest BCUT2D eigenvalue weighted by atomic mass is 19.3. The standard InChI is InChI=1S/C9H8F2N2O/c1-9(10,11)8-6-3-2-5(12)4-7(6)14-13-8/h2-4H,12H2,1H3. The molecule has 0 fully saturated rings. The van der Waals surface area contributed by atoms with Gasteiger partial charge in [-0.2, -0.15) is 8.78 Å². The number of benzene rings is 1. The summed E-state index contributed by atoms with van der Waals surface area (Å²) in [5, 5.41) is 3.62. The molecule has 0 saturated heterocycles. The Labute approximate surface area is 78.5 Å². The summed E-state index contributed by atoms with van der Waals surface area (Å²) in [5.41, 5.74) is 5.85. The van der Waals surface area contributed by atoms with E-state index in [0.29, 0.717) is 11.1 Å². The van der Waals surface area contributed by atoms with Crippen molar-refractivity contribution in [1.82, 2.24) is 5.16 Å². The van der Waals surface area contributed by atoms with Gasteiger partial charge >= 0.3 is 0 Å². The first-order valence-electron chi connectivity index (χ1n) is 4.01. The summed E-state index contributed by atoms with van der Waals surface area (Å²) in [5.74, 6) is -3.00. The van der Waals surface area contributed by atoms with E-state index in [1.165, 1.54) is 18.2 Å². The van der Waals surface area contributed by atoms with Gasteiger partial charge < -0.3 is 10.3 Å². The van der Waals surface area contributed by atoms with E-state index < -0.39 is 5.92 Å². The first kappa shape index (κ1) is 8.93. The minimum absolute atomic E-state index is 0.279. The molecule has 0 radical (unpaired) electrons. The van der Waals surface area contributed by atoms with Crippen molar-refractivity contribution < 1.29 is 13.3 Å². The molecule has 0 amide bonds. The van der Waals surface area contributed by atoms with Crippen LogP contribution in [0.3, 0.4) is 0 Å². The molecule has 2 aromatic rings. The van der Waals surface area contributed by atoms with Crippen molar-refractivity contribution in [1.29, 1.82) is 0 Å². The number of hydrogen-bond donors (Lipinski definition) is 1. The average Bonchev–Trinajstić information content (AvgIpc) is 2.45. The molecular formula is C9H8F2N2O. The predicted molar refractivity (Wildman–Crippen MR) is 48.0 cm³/mol. The molecule has 0 unspecified atom stereocenters. The SMILES string of the molecule is CC(F)(F)c1noc2cc(N)ccc12. The van der Waals surface area contributed by atoms with Crippen LogP contribution in [0.5, 0.6) is 0 Å². The molecule has 0 bridgehead atoms. The zero-order valence-electron chi connectivity index (χ0n) is 7.42. The maximum Gasteiger partial charge on any atom is 0.290 e. The number of rotatable bonds is 1. The predicted octanol–water partition coefficient (Wildman–Crippen LogP) is 2.52. The summed E-state index contributed by atoms with van der Waals surface area (Å²) < 4.78 is 30.7. The first-order valence-corrected chi connectivity index (χ1v) is 4.01. The number of nitrogen functional groups attached to an aromatic ring is 1. The van der Waals surface area contributed by atoms with Crippen LogP contribution in [0.25, 0.3) is 11.0 Å². The molecule has 0 atom stereocenters. The summed E-state index contributed by atoms with van der Waals surface area (Å²) in [7, 11) is 0. The zero-order chi connectivity index (χ0) is 10.3. The lowest BCUT2D eigenvalue weighted by Gasteiger charge is -2.04. The van der Waals surface area contributed by atoms with E-state index in [2.05, 4.69) is 5.16 Å². The quantitative estimate of drug-likeness (QED) is 0.716. The highest BCUT2D eigenvalue weighted by Crippen LogP contribution is 2.32. The second kappa shape index (κ2) is 2.67. The molecule has 0 saturated carbocycles. The Morgan fingerprint density at radius 2 is 2.14 bits per heavy atom. The van der Waals surface area contributed by atoms with Crippen LogP contribution in [0.15, 0.2) is 22.7 Å². The van der Waals surface area contributed by atoms with Gasteiger partial charge in [0.1, 0.15) is 0 Å². The Kier molecular flexibility index (Phi) is 1.70. The third-order valence-electron chi connectivity index (χ3n) is 1.91. The molecule has 3 nitrogen and oxygen atoms in total. The third-order valence-corrected chi connectivity index (χ3v) is 1.91. The Hall–Kier alpha value is -1.65. The van der Waals surface area contributed by atoms with Gasteiger partial charge in [-0.1, -0.05) is 5.16 Å². The van der Waals surface area contributed by atoms with Crippen LogP contribution in [0.1, 0.15) is 12.6 Å². The molecule has 0 aliphatic rings. The molecule has 14 heavy (non-hydrogen) atoms. The molecule has 1 heterocycles. The minimum Gasteiger partial charge on any atom is -0.399 e. The maximum atomic E-state index is 13.0. The van der Waals surface area contributed by atoms with Gasteiger partial charge in [0.2, 0.25) is 0 Å². The molecule has 0 aliphatic heterocycles. The summed E-state index contributed by atoms with van der Waals surface area (Å²) in [6.07, 6.45) is 0. The first-order chi connectivity index (χ1) is 6.48. The van der Waals surface area contributed by atoms with Crippen LogP contribution in [0, 0.1) is 0 Å². The van der Waals surface area contributed by atoms with E-state index in [9.17, 15) is 8.78 Å². The lowest BCUT2D eigenvalue weighted by molar-refractivity contribution is 0.0112. The van der Waals surface area contributed by atoms with Crippen LogP contribution >= 0.6 is 0 Å². The Balaban J connectivity index is 2.70. The molecule has 1 aromatic carbocycles. The fourth-order valence-electron chi connectivity index (χ4n) is 1.27. The van der Waals surface area contributed by atoms with Gasteiger partial charge in [-0.3, -0.25) is 0 Å². The Morgan fingerprint density at radius 3 is 2.79 bits per heavy atom. The van der Waals surface area contributed by atoms with Crippen LogP contribution in [0.2, 0.25) is 0 Å². The highest BCUT2D eigenvalue weighted by molar-refractivity contribution is 5.82. The molecule has 1 aromatic heterocycles. The van der Waals surface area contributed by atoms with Gasteiger partial charge in [-0.25, -0.2) is 0 Å². The number of aromatic nitrogens is 1. The fraction of sp³-hybridized carbons (Fsp3) is 0.222. The number of fused-ring (bicyclic) bond motifs is 1. The van der Waals surface area contributed by atoms with Crippen LogP contribution < -0.4 is 5.73 Å². The van der Waals surface area contributed by atoms with Crippen molar-refractivity contribution in [2.45, 2.75) is 12.8 Å². The largest absolute Gasteiger partial charge is 0.399 e. The van der Waals surface area contributed by atoms with Gasteiger partial charge in [0.15, 0.2) is 11.3 Å². The van der Waals surface area contributed by atoms with Crippen molar-refractivity contribution in [3.63, 3.8) is 0 Å². The van der Waals surface area contributed by atoms with Gasteiger partial charge in [0, 0.05) is 18.7 Å². The normalized spacial score (nSPS) is 12.2. The van der Waals surface area contributed by atoms with Crippen molar-refractivity contribution in [2.24, 2.45) is 0 Å². The summed E-state index contributed by atoms with van der Waals surface area (Å²) in [6.45, 7) is 0.778. The molecule has 2 N–H and O–H groups in total. The Morgan fingerprint density at radius 1 is 1.43 bits per heavy atom. The molecule has 2 rings (SSSR count). The van der Waals surface area contributed by atoms with Crippen LogP contribution in [0.4, 0.5) is 14.5 Å². The fourth-order valence-corrected chi connectivity index (χ4v) is 1.27. The van der Waals surface area contributed by atoms with Crippen molar-refractivity contribution in [3.05, 3.63) is 23.9 Å². The van der Waals surface area contributed by atoms with Gasteiger partial charge in [0.25, 0.3) is 5.92 Å². The number of anilines is 1. The molecule has 74 valence electrons. The van der Waals surface area contributed by atoms with E-state index in [4.69, 9.17) is 10.3 Å². The number of halogens is 2. The number of nitrogens with zero attached hydrogens (tertiary/aromatic N) is 1. The number of nitrogens with two attached hydrogens (primary N) is 1.